The average Bonchev–Trinajstić information content (AvgIpc) is 3.03. The predicted octanol–water partition coefficient (Wildman–Crippen LogP) is 2.00. The van der Waals surface area contributed by atoms with Crippen molar-refractivity contribution >= 4 is 17.6 Å². The van der Waals surface area contributed by atoms with Gasteiger partial charge in [0.05, 0.1) is 6.67 Å². The fourth-order valence-electron chi connectivity index (χ4n) is 4.36. The van der Waals surface area contributed by atoms with E-state index in [1.807, 2.05) is 24.3 Å². The first-order chi connectivity index (χ1) is 15.0. The molecule has 0 spiro atoms. The van der Waals surface area contributed by atoms with Crippen molar-refractivity contribution in [1.29, 1.82) is 0 Å². The Labute approximate surface area is 181 Å². The van der Waals surface area contributed by atoms with E-state index in [-0.39, 0.29) is 18.6 Å². The van der Waals surface area contributed by atoms with E-state index in [4.69, 9.17) is 9.47 Å². The number of nitrogens with zero attached hydrogens (tertiary/aromatic N) is 3. The Balaban J connectivity index is 1.26. The summed E-state index contributed by atoms with van der Waals surface area (Å²) in [7, 11) is 0. The van der Waals surface area contributed by atoms with Gasteiger partial charge in [0.25, 0.3) is 5.91 Å². The number of carbonyl (C=O) groups excluding carboxylic acids is 2. The lowest BCUT2D eigenvalue weighted by molar-refractivity contribution is -0.132. The van der Waals surface area contributed by atoms with Crippen LogP contribution in [0.5, 0.6) is 11.5 Å². The molecule has 2 fully saturated rings. The summed E-state index contributed by atoms with van der Waals surface area (Å²) in [6, 6.07) is 15.3. The van der Waals surface area contributed by atoms with Crippen molar-refractivity contribution in [3.05, 3.63) is 54.1 Å². The lowest BCUT2D eigenvalue weighted by Crippen LogP contribution is -2.51. The van der Waals surface area contributed by atoms with Gasteiger partial charge in [0.2, 0.25) is 0 Å². The van der Waals surface area contributed by atoms with Gasteiger partial charge in [-0.1, -0.05) is 24.3 Å². The molecule has 162 valence electrons. The predicted molar refractivity (Wildman–Crippen MR) is 115 cm³/mol. The van der Waals surface area contributed by atoms with Gasteiger partial charge in [-0.3, -0.25) is 9.69 Å². The van der Waals surface area contributed by atoms with Gasteiger partial charge in [0.1, 0.15) is 18.8 Å². The molecule has 5 rings (SSSR count). The van der Waals surface area contributed by atoms with Gasteiger partial charge < -0.3 is 19.7 Å². The van der Waals surface area contributed by atoms with Crippen LogP contribution < -0.4 is 19.7 Å². The van der Waals surface area contributed by atoms with Crippen molar-refractivity contribution in [2.75, 3.05) is 51.0 Å². The minimum Gasteiger partial charge on any atom is -0.486 e. The van der Waals surface area contributed by atoms with Crippen LogP contribution in [0.4, 0.5) is 10.5 Å². The molecule has 0 aliphatic carbocycles. The van der Waals surface area contributed by atoms with E-state index in [2.05, 4.69) is 27.2 Å². The van der Waals surface area contributed by atoms with Crippen LogP contribution in [0.2, 0.25) is 0 Å². The van der Waals surface area contributed by atoms with Gasteiger partial charge >= 0.3 is 6.03 Å². The van der Waals surface area contributed by atoms with Crippen LogP contribution in [0.3, 0.4) is 0 Å². The fraction of sp³-hybridized carbons (Fsp3) is 0.391. The number of hydrogen-bond donors (Lipinski definition) is 1. The fourth-order valence-corrected chi connectivity index (χ4v) is 4.36. The van der Waals surface area contributed by atoms with E-state index in [0.29, 0.717) is 30.3 Å². The molecule has 3 amide bonds. The van der Waals surface area contributed by atoms with Gasteiger partial charge in [-0.2, -0.15) is 0 Å². The molecule has 1 atom stereocenters. The van der Waals surface area contributed by atoms with Gasteiger partial charge in [-0.15, -0.1) is 0 Å². The van der Waals surface area contributed by atoms with E-state index in [9.17, 15) is 9.59 Å². The molecule has 0 unspecified atom stereocenters. The van der Waals surface area contributed by atoms with E-state index < -0.39 is 5.54 Å². The minimum atomic E-state index is -1.13. The number of carbonyl (C=O) groups is 2. The Morgan fingerprint density at radius 3 is 2.39 bits per heavy atom. The highest BCUT2D eigenvalue weighted by atomic mass is 16.6. The molecule has 2 aromatic rings. The number of anilines is 1. The molecule has 0 aromatic heterocycles. The number of fused-ring (bicyclic) bond motifs is 1. The summed E-state index contributed by atoms with van der Waals surface area (Å²) >= 11 is 0. The minimum absolute atomic E-state index is 0.250. The number of amides is 3. The molecule has 31 heavy (non-hydrogen) atoms. The number of para-hydroxylation sites is 1. The van der Waals surface area contributed by atoms with Crippen LogP contribution in [0.1, 0.15) is 12.5 Å². The second-order valence-corrected chi connectivity index (χ2v) is 8.23. The highest BCUT2D eigenvalue weighted by molar-refractivity contribution is 6.07. The topological polar surface area (TPSA) is 74.4 Å². The lowest BCUT2D eigenvalue weighted by atomic mass is 9.91. The third kappa shape index (κ3) is 3.57. The summed E-state index contributed by atoms with van der Waals surface area (Å²) in [5.41, 5.74) is 0.758. The summed E-state index contributed by atoms with van der Waals surface area (Å²) in [6.45, 7) is 6.28. The van der Waals surface area contributed by atoms with Crippen molar-refractivity contribution in [2.45, 2.75) is 12.5 Å². The van der Waals surface area contributed by atoms with Crippen molar-refractivity contribution in [3.63, 3.8) is 0 Å². The number of hydrogen-bond acceptors (Lipinski definition) is 6. The molecule has 0 radical (unpaired) electrons. The normalized spacial score (nSPS) is 23.8. The Kier molecular flexibility index (Phi) is 4.94. The monoisotopic (exact) mass is 422 g/mol. The first-order valence-corrected chi connectivity index (χ1v) is 10.6. The van der Waals surface area contributed by atoms with E-state index in [0.717, 1.165) is 26.2 Å². The zero-order valence-electron chi connectivity index (χ0n) is 17.5. The summed E-state index contributed by atoms with van der Waals surface area (Å²) in [4.78, 5) is 31.8. The van der Waals surface area contributed by atoms with Gasteiger partial charge in [-0.05, 0) is 36.8 Å². The number of nitrogens with one attached hydrogen (secondary N) is 1. The Morgan fingerprint density at radius 2 is 1.65 bits per heavy atom. The van der Waals surface area contributed by atoms with Crippen LogP contribution in [0.15, 0.2) is 48.5 Å². The van der Waals surface area contributed by atoms with Crippen LogP contribution in [0, 0.1) is 0 Å². The van der Waals surface area contributed by atoms with Gasteiger partial charge in [0.15, 0.2) is 11.5 Å². The van der Waals surface area contributed by atoms with E-state index >= 15 is 0 Å². The first-order valence-electron chi connectivity index (χ1n) is 10.6. The number of ether oxygens (including phenoxy) is 2. The third-order valence-electron chi connectivity index (χ3n) is 6.23. The van der Waals surface area contributed by atoms with Crippen LogP contribution >= 0.6 is 0 Å². The maximum Gasteiger partial charge on any atom is 0.326 e. The third-order valence-corrected chi connectivity index (χ3v) is 6.23. The average molecular weight is 422 g/mol. The number of imide groups is 1. The number of urea groups is 1. The Morgan fingerprint density at radius 1 is 0.935 bits per heavy atom. The van der Waals surface area contributed by atoms with E-state index in [1.54, 1.807) is 19.1 Å². The molecule has 0 bridgehead atoms. The highest BCUT2D eigenvalue weighted by Gasteiger charge is 2.49. The Hall–Kier alpha value is -3.26. The quantitative estimate of drug-likeness (QED) is 0.760. The van der Waals surface area contributed by atoms with Crippen molar-refractivity contribution in [3.8, 4) is 11.5 Å². The molecule has 8 nitrogen and oxygen atoms in total. The summed E-state index contributed by atoms with van der Waals surface area (Å²) < 4.78 is 11.2. The molecular weight excluding hydrogens is 396 g/mol. The zero-order valence-corrected chi connectivity index (χ0v) is 17.5. The maximum atomic E-state index is 13.3. The molecule has 2 aromatic carbocycles. The molecule has 8 heteroatoms. The molecule has 3 heterocycles. The second-order valence-electron chi connectivity index (χ2n) is 8.23. The molecule has 1 N–H and O–H groups in total. The molecular formula is C23H26N4O4. The van der Waals surface area contributed by atoms with Gasteiger partial charge in [0, 0.05) is 31.9 Å². The van der Waals surface area contributed by atoms with Crippen LogP contribution in [-0.4, -0.2) is 67.8 Å². The van der Waals surface area contributed by atoms with Crippen molar-refractivity contribution < 1.29 is 19.1 Å². The van der Waals surface area contributed by atoms with Crippen LogP contribution in [-0.2, 0) is 10.3 Å². The molecule has 0 saturated carbocycles. The second kappa shape index (κ2) is 7.77. The SMILES string of the molecule is C[C@@]1(c2ccc3c(c2)OCCO3)NC(=O)N(CN2CCN(c3ccccc3)CC2)C1=O. The molecule has 2 saturated heterocycles. The largest absolute Gasteiger partial charge is 0.486 e. The summed E-state index contributed by atoms with van der Waals surface area (Å²) in [5.74, 6) is 1.01. The number of piperazine rings is 1. The van der Waals surface area contributed by atoms with Crippen LogP contribution in [0.25, 0.3) is 0 Å². The van der Waals surface area contributed by atoms with Gasteiger partial charge in [-0.25, -0.2) is 9.69 Å². The smallest absolute Gasteiger partial charge is 0.326 e. The zero-order chi connectivity index (χ0) is 21.4. The van der Waals surface area contributed by atoms with E-state index in [1.165, 1.54) is 10.6 Å². The molecule has 3 aliphatic rings. The molecule has 3 aliphatic heterocycles. The standard InChI is InChI=1S/C23H26N4O4/c1-23(17-7-8-19-20(15-17)31-14-13-30-19)21(28)27(22(29)24-23)16-25-9-11-26(12-10-25)18-5-3-2-4-6-18/h2-8,15H,9-14,16H2,1H3,(H,24,29)/t23-/m0/s1. The number of benzene rings is 2. The summed E-state index contributed by atoms with van der Waals surface area (Å²) in [5, 5.41) is 2.88. The van der Waals surface area contributed by atoms with Crippen molar-refractivity contribution in [2.24, 2.45) is 0 Å². The Bertz CT molecular complexity index is 990. The highest BCUT2D eigenvalue weighted by Crippen LogP contribution is 2.37. The first kappa shape index (κ1) is 19.7. The lowest BCUT2D eigenvalue weighted by Gasteiger charge is -2.37. The van der Waals surface area contributed by atoms with Crippen molar-refractivity contribution in [1.82, 2.24) is 15.1 Å². The summed E-state index contributed by atoms with van der Waals surface area (Å²) in [6.07, 6.45) is 0. The maximum absolute atomic E-state index is 13.3. The number of rotatable bonds is 4.